The van der Waals surface area contributed by atoms with Crippen molar-refractivity contribution < 1.29 is 27.5 Å². The molecule has 0 unspecified atom stereocenters. The number of hydrogen-bond donors (Lipinski definition) is 2. The van der Waals surface area contributed by atoms with Gasteiger partial charge in [0.25, 0.3) is 11.8 Å². The molecule has 0 atom stereocenters. The third-order valence-electron chi connectivity index (χ3n) is 3.17. The smallest absolute Gasteiger partial charge is 0.321 e. The van der Waals surface area contributed by atoms with Crippen LogP contribution in [-0.2, 0) is 24.3 Å². The van der Waals surface area contributed by atoms with Gasteiger partial charge < -0.3 is 4.74 Å². The maximum absolute atomic E-state index is 12.1. The number of imide groups is 1. The second kappa shape index (κ2) is 9.40. The van der Waals surface area contributed by atoms with E-state index in [1.807, 2.05) is 0 Å². The molecule has 27 heavy (non-hydrogen) atoms. The summed E-state index contributed by atoms with van der Waals surface area (Å²) in [5.74, 6) is -2.42. The molecule has 0 fully saturated rings. The summed E-state index contributed by atoms with van der Waals surface area (Å²) in [7, 11) is -3.91. The molecule has 0 aliphatic heterocycles. The van der Waals surface area contributed by atoms with Gasteiger partial charge in [0.05, 0.1) is 4.90 Å². The summed E-state index contributed by atoms with van der Waals surface area (Å²) in [6, 6.07) is 13.9. The normalized spacial score (nSPS) is 10.9. The zero-order valence-electron chi connectivity index (χ0n) is 13.8. The number of nitrogens with one attached hydrogen (secondary N) is 2. The third-order valence-corrected chi connectivity index (χ3v) is 5.06. The summed E-state index contributed by atoms with van der Waals surface area (Å²) < 4.78 is 31.4. The topological polar surface area (TPSA) is 119 Å². The first-order chi connectivity index (χ1) is 12.8. The minimum Gasteiger partial charge on any atom is -0.455 e. The van der Waals surface area contributed by atoms with Crippen LogP contribution in [0.15, 0.2) is 64.0 Å². The lowest BCUT2D eigenvalue weighted by molar-refractivity contribution is -0.147. The number of carbonyl (C=O) groups is 3. The van der Waals surface area contributed by atoms with Crippen LogP contribution in [0.3, 0.4) is 0 Å². The quantitative estimate of drug-likeness (QED) is 0.607. The number of rotatable bonds is 7. The Kier molecular flexibility index (Phi) is 7.22. The molecule has 0 saturated heterocycles. The summed E-state index contributed by atoms with van der Waals surface area (Å²) in [6.07, 6.45) is 0. The van der Waals surface area contributed by atoms with Gasteiger partial charge in [-0.1, -0.05) is 40.2 Å². The molecule has 2 aromatic rings. The Morgan fingerprint density at radius 1 is 1.00 bits per heavy atom. The third kappa shape index (κ3) is 6.59. The van der Waals surface area contributed by atoms with E-state index in [9.17, 15) is 22.8 Å². The molecule has 10 heteroatoms. The van der Waals surface area contributed by atoms with Crippen LogP contribution < -0.4 is 10.0 Å². The molecule has 0 spiro atoms. The summed E-state index contributed by atoms with van der Waals surface area (Å²) in [5, 5.41) is 2.06. The van der Waals surface area contributed by atoms with Crippen molar-refractivity contribution in [1.82, 2.24) is 10.0 Å². The average molecular weight is 455 g/mol. The van der Waals surface area contributed by atoms with Crippen molar-refractivity contribution >= 4 is 43.7 Å². The van der Waals surface area contributed by atoms with E-state index in [0.29, 0.717) is 4.47 Å². The van der Waals surface area contributed by atoms with Crippen LogP contribution >= 0.6 is 15.9 Å². The molecule has 0 bridgehead atoms. The van der Waals surface area contributed by atoms with Crippen LogP contribution in [0.2, 0.25) is 0 Å². The first kappa shape index (κ1) is 20.7. The number of sulfonamides is 1. The van der Waals surface area contributed by atoms with E-state index in [1.54, 1.807) is 24.3 Å². The molecule has 8 nitrogen and oxygen atoms in total. The van der Waals surface area contributed by atoms with Gasteiger partial charge in [0, 0.05) is 10.0 Å². The van der Waals surface area contributed by atoms with Gasteiger partial charge in [0.1, 0.15) is 6.54 Å². The Labute approximate surface area is 164 Å². The lowest BCUT2D eigenvalue weighted by Gasteiger charge is -2.08. The van der Waals surface area contributed by atoms with Crippen molar-refractivity contribution in [1.29, 1.82) is 0 Å². The fourth-order valence-corrected chi connectivity index (χ4v) is 3.46. The molecule has 0 aliphatic carbocycles. The predicted molar refractivity (Wildman–Crippen MR) is 99.2 cm³/mol. The zero-order chi connectivity index (χ0) is 19.9. The number of amides is 2. The Bertz CT molecular complexity index is 947. The van der Waals surface area contributed by atoms with Gasteiger partial charge in [0.2, 0.25) is 10.0 Å². The molecule has 0 heterocycles. The predicted octanol–water partition coefficient (Wildman–Crippen LogP) is 1.23. The highest BCUT2D eigenvalue weighted by Gasteiger charge is 2.17. The summed E-state index contributed by atoms with van der Waals surface area (Å²) in [4.78, 5) is 35.0. The average Bonchev–Trinajstić information content (AvgIpc) is 2.65. The van der Waals surface area contributed by atoms with Crippen LogP contribution in [0.4, 0.5) is 0 Å². The molecule has 0 saturated carbocycles. The fourth-order valence-electron chi connectivity index (χ4n) is 1.89. The summed E-state index contributed by atoms with van der Waals surface area (Å²) in [6.45, 7) is -1.37. The van der Waals surface area contributed by atoms with E-state index in [2.05, 4.69) is 30.7 Å². The van der Waals surface area contributed by atoms with Crippen molar-refractivity contribution in [2.24, 2.45) is 0 Å². The van der Waals surface area contributed by atoms with Gasteiger partial charge >= 0.3 is 5.97 Å². The highest BCUT2D eigenvalue weighted by molar-refractivity contribution is 9.10. The number of halogens is 1. The molecule has 2 aromatic carbocycles. The molecule has 0 radical (unpaired) electrons. The molecule has 0 aromatic heterocycles. The fraction of sp³-hybridized carbons (Fsp3) is 0.118. The van der Waals surface area contributed by atoms with Crippen LogP contribution in [-0.4, -0.2) is 39.4 Å². The Morgan fingerprint density at radius 2 is 1.70 bits per heavy atom. The lowest BCUT2D eigenvalue weighted by Crippen LogP contribution is -2.36. The molecule has 2 N–H and O–H groups in total. The first-order valence-electron chi connectivity index (χ1n) is 7.58. The number of hydrogen-bond acceptors (Lipinski definition) is 6. The molecular formula is C17H15BrN2O6S. The van der Waals surface area contributed by atoms with Crippen molar-refractivity contribution in [3.05, 3.63) is 64.6 Å². The zero-order valence-corrected chi connectivity index (χ0v) is 16.2. The Hall–Kier alpha value is -2.56. The van der Waals surface area contributed by atoms with E-state index < -0.39 is 41.0 Å². The van der Waals surface area contributed by atoms with E-state index in [-0.39, 0.29) is 10.5 Å². The monoisotopic (exact) mass is 454 g/mol. The second-order valence-corrected chi connectivity index (χ2v) is 7.87. The van der Waals surface area contributed by atoms with Gasteiger partial charge in [-0.2, -0.15) is 4.72 Å². The van der Waals surface area contributed by atoms with Crippen LogP contribution in [0.25, 0.3) is 0 Å². The summed E-state index contributed by atoms with van der Waals surface area (Å²) >= 11 is 3.16. The SMILES string of the molecule is O=C(COC(=O)CNS(=O)(=O)c1cccc(Br)c1)NC(=O)c1ccccc1. The van der Waals surface area contributed by atoms with Crippen LogP contribution in [0, 0.1) is 0 Å². The summed E-state index contributed by atoms with van der Waals surface area (Å²) in [5.41, 5.74) is 0.277. The van der Waals surface area contributed by atoms with E-state index in [4.69, 9.17) is 0 Å². The van der Waals surface area contributed by atoms with Crippen molar-refractivity contribution in [2.45, 2.75) is 4.90 Å². The van der Waals surface area contributed by atoms with Crippen molar-refractivity contribution in [2.75, 3.05) is 13.2 Å². The van der Waals surface area contributed by atoms with Crippen LogP contribution in [0.1, 0.15) is 10.4 Å². The van der Waals surface area contributed by atoms with Gasteiger partial charge in [-0.3, -0.25) is 19.7 Å². The molecule has 2 amide bonds. The van der Waals surface area contributed by atoms with Gasteiger partial charge in [0.15, 0.2) is 6.61 Å². The van der Waals surface area contributed by atoms with Gasteiger partial charge in [-0.15, -0.1) is 0 Å². The maximum Gasteiger partial charge on any atom is 0.321 e. The molecule has 142 valence electrons. The minimum atomic E-state index is -3.91. The van der Waals surface area contributed by atoms with E-state index >= 15 is 0 Å². The molecular weight excluding hydrogens is 440 g/mol. The van der Waals surface area contributed by atoms with Crippen LogP contribution in [0.5, 0.6) is 0 Å². The maximum atomic E-state index is 12.1. The standard InChI is InChI=1S/C17H15BrN2O6S/c18-13-7-4-8-14(9-13)27(24,25)19-10-16(22)26-11-15(21)20-17(23)12-5-2-1-3-6-12/h1-9,19H,10-11H2,(H,20,21,23). The second-order valence-electron chi connectivity index (χ2n) is 5.19. The Balaban J connectivity index is 1.79. The molecule has 0 aliphatic rings. The first-order valence-corrected chi connectivity index (χ1v) is 9.85. The largest absolute Gasteiger partial charge is 0.455 e. The van der Waals surface area contributed by atoms with Gasteiger partial charge in [-0.05, 0) is 30.3 Å². The number of benzene rings is 2. The minimum absolute atomic E-state index is 0.0316. The highest BCUT2D eigenvalue weighted by atomic mass is 79.9. The Morgan fingerprint density at radius 3 is 2.37 bits per heavy atom. The number of carbonyl (C=O) groups excluding carboxylic acids is 3. The van der Waals surface area contributed by atoms with E-state index in [1.165, 1.54) is 30.3 Å². The van der Waals surface area contributed by atoms with Crippen molar-refractivity contribution in [3.63, 3.8) is 0 Å². The highest BCUT2D eigenvalue weighted by Crippen LogP contribution is 2.15. The number of ether oxygens (including phenoxy) is 1. The molecule has 2 rings (SSSR count). The van der Waals surface area contributed by atoms with E-state index in [0.717, 1.165) is 0 Å². The van der Waals surface area contributed by atoms with Gasteiger partial charge in [-0.25, -0.2) is 8.42 Å². The number of esters is 1. The van der Waals surface area contributed by atoms with Crippen molar-refractivity contribution in [3.8, 4) is 0 Å². The lowest BCUT2D eigenvalue weighted by atomic mass is 10.2.